The zero-order chi connectivity index (χ0) is 19.2. The maximum absolute atomic E-state index is 12.7. The maximum Gasteiger partial charge on any atom is 0.237 e. The molecule has 2 saturated carbocycles. The molecule has 4 atom stereocenters. The molecular formula is C21H33N3O3. The van der Waals surface area contributed by atoms with Gasteiger partial charge in [-0.05, 0) is 49.1 Å². The number of amides is 1. The lowest BCUT2D eigenvalue weighted by Gasteiger charge is -2.33. The molecule has 150 valence electrons. The van der Waals surface area contributed by atoms with Crippen LogP contribution in [0.5, 0.6) is 0 Å². The number of aliphatic hydroxyl groups is 2. The smallest absolute Gasteiger partial charge is 0.237 e. The number of hydrogen-bond acceptors (Lipinski definition) is 5. The number of aliphatic hydroxyl groups excluding tert-OH is 2. The highest BCUT2D eigenvalue weighted by atomic mass is 16.3. The summed E-state index contributed by atoms with van der Waals surface area (Å²) >= 11 is 0. The lowest BCUT2D eigenvalue weighted by atomic mass is 9.82. The number of pyridine rings is 1. The van der Waals surface area contributed by atoms with Crippen molar-refractivity contribution >= 4 is 5.91 Å². The summed E-state index contributed by atoms with van der Waals surface area (Å²) in [6.07, 6.45) is 10.6. The fourth-order valence-corrected chi connectivity index (χ4v) is 4.18. The third kappa shape index (κ3) is 5.99. The van der Waals surface area contributed by atoms with Crippen molar-refractivity contribution in [1.29, 1.82) is 0 Å². The third-order valence-electron chi connectivity index (χ3n) is 6.02. The van der Waals surface area contributed by atoms with E-state index in [2.05, 4.69) is 10.3 Å². The Balaban J connectivity index is 1.60. The van der Waals surface area contributed by atoms with Crippen molar-refractivity contribution < 1.29 is 15.0 Å². The summed E-state index contributed by atoms with van der Waals surface area (Å²) in [5, 5.41) is 24.1. The predicted molar refractivity (Wildman–Crippen MR) is 104 cm³/mol. The Kier molecular flexibility index (Phi) is 7.21. The van der Waals surface area contributed by atoms with Gasteiger partial charge in [0.2, 0.25) is 5.91 Å². The van der Waals surface area contributed by atoms with E-state index in [1.54, 1.807) is 12.4 Å². The predicted octanol–water partition coefficient (Wildman–Crippen LogP) is 1.54. The molecule has 1 heterocycles. The average Bonchev–Trinajstić information content (AvgIpc) is 3.53. The average molecular weight is 376 g/mol. The van der Waals surface area contributed by atoms with Crippen LogP contribution < -0.4 is 11.1 Å². The van der Waals surface area contributed by atoms with Crippen LogP contribution in [0.4, 0.5) is 0 Å². The number of hydrogen-bond donors (Lipinski definition) is 4. The molecule has 0 radical (unpaired) electrons. The normalized spacial score (nSPS) is 22.6. The highest BCUT2D eigenvalue weighted by Gasteiger charge is 2.39. The molecule has 2 aliphatic carbocycles. The number of carbonyl (C=O) groups is 1. The first-order chi connectivity index (χ1) is 13.0. The van der Waals surface area contributed by atoms with Crippen molar-refractivity contribution in [3.8, 4) is 0 Å². The molecule has 2 fully saturated rings. The SMILES string of the molecule is NC(Cc1cccnc1)C(=O)N[C@@H](CC1CCCCC1)[C@@H](O)[C@@H](O)C1CC1. The largest absolute Gasteiger partial charge is 0.390 e. The zero-order valence-electron chi connectivity index (χ0n) is 16.0. The molecule has 2 aliphatic rings. The lowest BCUT2D eigenvalue weighted by Crippen LogP contribution is -2.54. The van der Waals surface area contributed by atoms with Crippen LogP contribution in [0.3, 0.4) is 0 Å². The fraction of sp³-hybridized carbons (Fsp3) is 0.714. The summed E-state index contributed by atoms with van der Waals surface area (Å²) < 4.78 is 0. The van der Waals surface area contributed by atoms with Crippen LogP contribution in [0.25, 0.3) is 0 Å². The van der Waals surface area contributed by atoms with Crippen molar-refractivity contribution in [2.75, 3.05) is 0 Å². The molecule has 3 rings (SSSR count). The van der Waals surface area contributed by atoms with E-state index in [1.807, 2.05) is 12.1 Å². The van der Waals surface area contributed by atoms with Crippen LogP contribution in [0.1, 0.15) is 56.9 Å². The van der Waals surface area contributed by atoms with Gasteiger partial charge in [-0.2, -0.15) is 0 Å². The summed E-state index contributed by atoms with van der Waals surface area (Å²) in [7, 11) is 0. The van der Waals surface area contributed by atoms with E-state index in [0.29, 0.717) is 18.8 Å². The van der Waals surface area contributed by atoms with Gasteiger partial charge in [0.25, 0.3) is 0 Å². The molecule has 6 nitrogen and oxygen atoms in total. The Labute approximate surface area is 161 Å². The standard InChI is InChI=1S/C21H33N3O3/c22-17(11-15-7-4-10-23-13-15)21(27)24-18(12-14-5-2-1-3-6-14)20(26)19(25)16-8-9-16/h4,7,10,13-14,16-20,25-26H,1-3,5-6,8-9,11-12,22H2,(H,24,27)/t17?,18-,19-,20+/m0/s1. The fourth-order valence-electron chi connectivity index (χ4n) is 4.18. The van der Waals surface area contributed by atoms with Crippen LogP contribution in [-0.4, -0.2) is 45.4 Å². The minimum absolute atomic E-state index is 0.162. The second-order valence-corrected chi connectivity index (χ2v) is 8.35. The van der Waals surface area contributed by atoms with Crippen molar-refractivity contribution in [1.82, 2.24) is 10.3 Å². The first kappa shape index (κ1) is 20.2. The highest BCUT2D eigenvalue weighted by Crippen LogP contribution is 2.36. The minimum atomic E-state index is -0.936. The minimum Gasteiger partial charge on any atom is -0.390 e. The number of aromatic nitrogens is 1. The summed E-state index contributed by atoms with van der Waals surface area (Å²) in [4.78, 5) is 16.7. The van der Waals surface area contributed by atoms with Crippen molar-refractivity contribution in [3.63, 3.8) is 0 Å². The maximum atomic E-state index is 12.7. The molecule has 0 aliphatic heterocycles. The Morgan fingerprint density at radius 1 is 1.22 bits per heavy atom. The summed E-state index contributed by atoms with van der Waals surface area (Å²) in [6.45, 7) is 0. The molecule has 1 aromatic heterocycles. The van der Waals surface area contributed by atoms with Crippen LogP contribution in [-0.2, 0) is 11.2 Å². The Morgan fingerprint density at radius 3 is 2.59 bits per heavy atom. The molecule has 1 amide bonds. The summed E-state index contributed by atoms with van der Waals surface area (Å²) in [5.74, 6) is 0.371. The third-order valence-corrected chi connectivity index (χ3v) is 6.02. The molecule has 0 aromatic carbocycles. The number of nitrogens with zero attached hydrogens (tertiary/aromatic N) is 1. The second-order valence-electron chi connectivity index (χ2n) is 8.35. The van der Waals surface area contributed by atoms with E-state index < -0.39 is 24.3 Å². The van der Waals surface area contributed by atoms with Gasteiger partial charge in [0, 0.05) is 12.4 Å². The molecular weight excluding hydrogens is 342 g/mol. The second kappa shape index (κ2) is 9.62. The Bertz CT molecular complexity index is 588. The Hall–Kier alpha value is -1.50. The van der Waals surface area contributed by atoms with Gasteiger partial charge in [-0.1, -0.05) is 38.2 Å². The molecule has 0 bridgehead atoms. The van der Waals surface area contributed by atoms with Gasteiger partial charge in [0.15, 0.2) is 0 Å². The van der Waals surface area contributed by atoms with Gasteiger partial charge >= 0.3 is 0 Å². The molecule has 6 heteroatoms. The van der Waals surface area contributed by atoms with Gasteiger partial charge in [-0.15, -0.1) is 0 Å². The Morgan fingerprint density at radius 2 is 1.96 bits per heavy atom. The van der Waals surface area contributed by atoms with Crippen LogP contribution in [0.15, 0.2) is 24.5 Å². The highest BCUT2D eigenvalue weighted by molar-refractivity contribution is 5.82. The van der Waals surface area contributed by atoms with Crippen molar-refractivity contribution in [2.45, 2.75) is 82.1 Å². The van der Waals surface area contributed by atoms with E-state index in [9.17, 15) is 15.0 Å². The quantitative estimate of drug-likeness (QED) is 0.523. The zero-order valence-corrected chi connectivity index (χ0v) is 16.0. The summed E-state index contributed by atoms with van der Waals surface area (Å²) in [5.41, 5.74) is 7.00. The number of carbonyl (C=O) groups excluding carboxylic acids is 1. The van der Waals surface area contributed by atoms with Gasteiger partial charge in [0.1, 0.15) is 6.10 Å². The number of nitrogens with two attached hydrogens (primary N) is 1. The summed E-state index contributed by atoms with van der Waals surface area (Å²) in [6, 6.07) is 2.57. The van der Waals surface area contributed by atoms with E-state index in [4.69, 9.17) is 5.73 Å². The molecule has 0 saturated heterocycles. The molecule has 5 N–H and O–H groups in total. The first-order valence-corrected chi connectivity index (χ1v) is 10.4. The van der Waals surface area contributed by atoms with Gasteiger partial charge < -0.3 is 21.3 Å². The monoisotopic (exact) mass is 375 g/mol. The van der Waals surface area contributed by atoms with Crippen LogP contribution in [0, 0.1) is 11.8 Å². The molecule has 27 heavy (non-hydrogen) atoms. The first-order valence-electron chi connectivity index (χ1n) is 10.4. The van der Waals surface area contributed by atoms with E-state index in [-0.39, 0.29) is 11.8 Å². The van der Waals surface area contributed by atoms with Crippen LogP contribution >= 0.6 is 0 Å². The van der Waals surface area contributed by atoms with E-state index >= 15 is 0 Å². The van der Waals surface area contributed by atoms with Gasteiger partial charge in [-0.25, -0.2) is 0 Å². The van der Waals surface area contributed by atoms with E-state index in [0.717, 1.165) is 31.2 Å². The number of rotatable bonds is 9. The van der Waals surface area contributed by atoms with Crippen LogP contribution in [0.2, 0.25) is 0 Å². The van der Waals surface area contributed by atoms with E-state index in [1.165, 1.54) is 19.3 Å². The van der Waals surface area contributed by atoms with Gasteiger partial charge in [0.05, 0.1) is 18.2 Å². The number of nitrogens with one attached hydrogen (secondary N) is 1. The molecule has 1 aromatic rings. The molecule has 0 spiro atoms. The van der Waals surface area contributed by atoms with Crippen molar-refractivity contribution in [2.24, 2.45) is 17.6 Å². The lowest BCUT2D eigenvalue weighted by molar-refractivity contribution is -0.125. The van der Waals surface area contributed by atoms with Crippen molar-refractivity contribution in [3.05, 3.63) is 30.1 Å². The molecule has 1 unspecified atom stereocenters. The van der Waals surface area contributed by atoms with Gasteiger partial charge in [-0.3, -0.25) is 9.78 Å². The topological polar surface area (TPSA) is 108 Å².